The van der Waals surface area contributed by atoms with Gasteiger partial charge in [0.2, 0.25) is 0 Å². The van der Waals surface area contributed by atoms with Crippen LogP contribution in [0.2, 0.25) is 5.02 Å². The Morgan fingerprint density at radius 2 is 1.10 bits per heavy atom. The standard InChI is InChI=1S/C36H22ClNO2Si/c37-23-20-32-36-33(21-23)40-31-15-7-9-17-35(31)41(36,34-16-8-6-14-30(34)39-32)25-18-19-29-27(22-25)26-12-4-5-13-28(26)38(29)24-10-2-1-3-11-24/h1-22H. The summed E-state index contributed by atoms with van der Waals surface area (Å²) in [6, 6.07) is 47.2. The summed E-state index contributed by atoms with van der Waals surface area (Å²) >= 11 is 6.64. The third-order valence-electron chi connectivity index (χ3n) is 8.55. The Labute approximate surface area is 242 Å². The van der Waals surface area contributed by atoms with Crippen molar-refractivity contribution in [1.82, 2.24) is 4.57 Å². The van der Waals surface area contributed by atoms with Crippen LogP contribution in [0.5, 0.6) is 23.0 Å². The number of hydrogen-bond acceptors (Lipinski definition) is 2. The third-order valence-corrected chi connectivity index (χ3v) is 13.6. The monoisotopic (exact) mass is 563 g/mol. The van der Waals surface area contributed by atoms with Crippen molar-refractivity contribution in [3.63, 3.8) is 0 Å². The van der Waals surface area contributed by atoms with E-state index in [1.54, 1.807) is 0 Å². The molecule has 0 saturated carbocycles. The molecule has 0 amide bonds. The lowest BCUT2D eigenvalue weighted by molar-refractivity contribution is 0.464. The van der Waals surface area contributed by atoms with Gasteiger partial charge in [0.15, 0.2) is 8.07 Å². The van der Waals surface area contributed by atoms with Gasteiger partial charge in [-0.1, -0.05) is 96.5 Å². The first-order valence-electron chi connectivity index (χ1n) is 13.7. The van der Waals surface area contributed by atoms with Gasteiger partial charge in [-0.15, -0.1) is 0 Å². The van der Waals surface area contributed by atoms with E-state index in [1.807, 2.05) is 24.3 Å². The van der Waals surface area contributed by atoms with E-state index >= 15 is 0 Å². The van der Waals surface area contributed by atoms with Gasteiger partial charge in [-0.05, 0) is 64.1 Å². The van der Waals surface area contributed by atoms with Gasteiger partial charge in [-0.3, -0.25) is 0 Å². The van der Waals surface area contributed by atoms with Crippen LogP contribution in [0, 0.1) is 0 Å². The molecule has 6 aromatic carbocycles. The fourth-order valence-electron chi connectivity index (χ4n) is 6.99. The number of aromatic nitrogens is 1. The number of halogens is 1. The Morgan fingerprint density at radius 1 is 0.512 bits per heavy atom. The van der Waals surface area contributed by atoms with Gasteiger partial charge >= 0.3 is 0 Å². The molecule has 194 valence electrons. The van der Waals surface area contributed by atoms with E-state index in [1.165, 1.54) is 37.4 Å². The van der Waals surface area contributed by atoms with E-state index in [0.717, 1.165) is 33.9 Å². The summed E-state index contributed by atoms with van der Waals surface area (Å²) in [4.78, 5) is 0. The molecule has 0 bridgehead atoms. The van der Waals surface area contributed by atoms with Crippen molar-refractivity contribution in [3.05, 3.63) is 138 Å². The number of rotatable bonds is 2. The second-order valence-electron chi connectivity index (χ2n) is 10.6. The Balaban J connectivity index is 1.45. The minimum Gasteiger partial charge on any atom is -0.457 e. The third kappa shape index (κ3) is 3.03. The van der Waals surface area contributed by atoms with Gasteiger partial charge in [-0.25, -0.2) is 0 Å². The summed E-state index contributed by atoms with van der Waals surface area (Å²) in [5, 5.41) is 7.91. The first kappa shape index (κ1) is 23.0. The van der Waals surface area contributed by atoms with Gasteiger partial charge in [0.05, 0.1) is 11.0 Å². The molecule has 41 heavy (non-hydrogen) atoms. The van der Waals surface area contributed by atoms with Crippen LogP contribution >= 0.6 is 11.6 Å². The molecule has 0 aliphatic carbocycles. The average Bonchev–Trinajstić information content (AvgIpc) is 3.34. The van der Waals surface area contributed by atoms with Gasteiger partial charge in [0.1, 0.15) is 23.0 Å². The molecule has 7 aromatic rings. The highest BCUT2D eigenvalue weighted by Gasteiger charge is 2.53. The quantitative estimate of drug-likeness (QED) is 0.211. The van der Waals surface area contributed by atoms with Gasteiger partial charge in [0.25, 0.3) is 0 Å². The summed E-state index contributed by atoms with van der Waals surface area (Å²) < 4.78 is 15.5. The van der Waals surface area contributed by atoms with Crippen molar-refractivity contribution in [2.24, 2.45) is 0 Å². The lowest BCUT2D eigenvalue weighted by atomic mass is 10.1. The number of para-hydroxylation sites is 4. The fourth-order valence-corrected chi connectivity index (χ4v) is 12.3. The largest absolute Gasteiger partial charge is 0.457 e. The predicted octanol–water partition coefficient (Wildman–Crippen LogP) is 7.03. The molecule has 2 aliphatic rings. The van der Waals surface area contributed by atoms with E-state index in [-0.39, 0.29) is 0 Å². The van der Waals surface area contributed by atoms with Crippen molar-refractivity contribution in [2.75, 3.05) is 0 Å². The smallest absolute Gasteiger partial charge is 0.197 e. The van der Waals surface area contributed by atoms with Crippen LogP contribution in [-0.4, -0.2) is 12.6 Å². The summed E-state index contributed by atoms with van der Waals surface area (Å²) in [6.45, 7) is 0. The molecular weight excluding hydrogens is 542 g/mol. The van der Waals surface area contributed by atoms with Crippen molar-refractivity contribution in [3.8, 4) is 28.7 Å². The van der Waals surface area contributed by atoms with E-state index in [9.17, 15) is 0 Å². The highest BCUT2D eigenvalue weighted by atomic mass is 35.5. The van der Waals surface area contributed by atoms with Crippen LogP contribution in [0.15, 0.2) is 133 Å². The van der Waals surface area contributed by atoms with E-state index in [4.69, 9.17) is 21.1 Å². The molecule has 0 fully saturated rings. The molecular formula is C36H22ClNO2Si. The number of fused-ring (bicyclic) bond motifs is 7. The molecule has 0 N–H and O–H groups in total. The summed E-state index contributed by atoms with van der Waals surface area (Å²) in [5.41, 5.74) is 3.53. The Hall–Kier alpha value is -4.77. The van der Waals surface area contributed by atoms with Crippen LogP contribution in [-0.2, 0) is 0 Å². The Morgan fingerprint density at radius 3 is 1.80 bits per heavy atom. The molecule has 5 heteroatoms. The molecule has 0 unspecified atom stereocenters. The maximum Gasteiger partial charge on any atom is 0.197 e. The molecule has 0 radical (unpaired) electrons. The van der Waals surface area contributed by atoms with Crippen molar-refractivity contribution in [1.29, 1.82) is 0 Å². The van der Waals surface area contributed by atoms with Crippen LogP contribution in [0.3, 0.4) is 0 Å². The second-order valence-corrected chi connectivity index (χ2v) is 14.7. The van der Waals surface area contributed by atoms with E-state index in [0.29, 0.717) is 5.02 Å². The van der Waals surface area contributed by atoms with Crippen molar-refractivity contribution in [2.45, 2.75) is 0 Å². The highest BCUT2D eigenvalue weighted by Crippen LogP contribution is 2.41. The normalized spacial score (nSPS) is 14.1. The maximum atomic E-state index is 6.64. The van der Waals surface area contributed by atoms with E-state index in [2.05, 4.69) is 114 Å². The number of hydrogen-bond donors (Lipinski definition) is 0. The zero-order valence-electron chi connectivity index (χ0n) is 21.8. The van der Waals surface area contributed by atoms with Crippen LogP contribution < -0.4 is 30.2 Å². The molecule has 3 heterocycles. The van der Waals surface area contributed by atoms with E-state index < -0.39 is 8.07 Å². The van der Waals surface area contributed by atoms with Crippen molar-refractivity contribution < 1.29 is 9.47 Å². The Kier molecular flexibility index (Phi) is 4.69. The summed E-state index contributed by atoms with van der Waals surface area (Å²) in [6.07, 6.45) is 0. The predicted molar refractivity (Wildman–Crippen MR) is 170 cm³/mol. The zero-order valence-corrected chi connectivity index (χ0v) is 23.6. The average molecular weight is 564 g/mol. The molecule has 1 aromatic heterocycles. The second kappa shape index (κ2) is 8.37. The minimum atomic E-state index is -2.87. The minimum absolute atomic E-state index is 0.599. The van der Waals surface area contributed by atoms with Crippen LogP contribution in [0.25, 0.3) is 27.5 Å². The molecule has 0 atom stereocenters. The first-order valence-corrected chi connectivity index (χ1v) is 16.1. The molecule has 0 spiro atoms. The Bertz CT molecular complexity index is 2120. The van der Waals surface area contributed by atoms with Gasteiger partial charge in [0, 0.05) is 26.7 Å². The maximum absolute atomic E-state index is 6.64. The number of benzene rings is 6. The first-order chi connectivity index (χ1) is 20.2. The topological polar surface area (TPSA) is 23.4 Å². The van der Waals surface area contributed by atoms with Gasteiger partial charge in [-0.2, -0.15) is 0 Å². The lowest BCUT2D eigenvalue weighted by Crippen LogP contribution is -2.77. The van der Waals surface area contributed by atoms with Gasteiger partial charge < -0.3 is 14.0 Å². The van der Waals surface area contributed by atoms with Crippen LogP contribution in [0.4, 0.5) is 0 Å². The van der Waals surface area contributed by atoms with Crippen LogP contribution in [0.1, 0.15) is 0 Å². The highest BCUT2D eigenvalue weighted by molar-refractivity contribution is 7.21. The molecule has 0 saturated heterocycles. The summed E-state index contributed by atoms with van der Waals surface area (Å²) in [5.74, 6) is 3.31. The molecule has 3 nitrogen and oxygen atoms in total. The van der Waals surface area contributed by atoms with Crippen molar-refractivity contribution >= 4 is 62.2 Å². The summed E-state index contributed by atoms with van der Waals surface area (Å²) in [7, 11) is -2.87. The fraction of sp³-hybridized carbons (Fsp3) is 0. The number of ether oxygens (including phenoxy) is 2. The molecule has 2 aliphatic heterocycles. The number of nitrogens with zero attached hydrogens (tertiary/aromatic N) is 1. The SMILES string of the molecule is Clc1cc2c3c(c1)Oc1ccccc1[Si]3(c1ccc3c(c1)c1ccccc1n3-c1ccccc1)c1ccccc1O2. The lowest BCUT2D eigenvalue weighted by Gasteiger charge is -2.43. The molecule has 9 rings (SSSR count). The zero-order chi connectivity index (χ0) is 27.1.